The van der Waals surface area contributed by atoms with Crippen LogP contribution in [0.1, 0.15) is 51.2 Å². The lowest BCUT2D eigenvalue weighted by Crippen LogP contribution is -2.17. The van der Waals surface area contributed by atoms with Gasteiger partial charge in [0, 0.05) is 11.8 Å². The molecule has 0 aliphatic heterocycles. The van der Waals surface area contributed by atoms with E-state index in [2.05, 4.69) is 52.0 Å². The van der Waals surface area contributed by atoms with E-state index in [1.54, 1.807) is 0 Å². The van der Waals surface area contributed by atoms with Crippen LogP contribution < -0.4 is 4.74 Å². The maximum absolute atomic E-state index is 8.85. The molecule has 2 nitrogen and oxygen atoms in total. The highest BCUT2D eigenvalue weighted by Gasteiger charge is 2.43. The molecule has 0 heterocycles. The van der Waals surface area contributed by atoms with Crippen molar-refractivity contribution in [3.63, 3.8) is 0 Å². The molecule has 0 spiro atoms. The van der Waals surface area contributed by atoms with Gasteiger partial charge in [-0.25, -0.2) is 0 Å². The first kappa shape index (κ1) is 13.9. The van der Waals surface area contributed by atoms with Crippen molar-refractivity contribution in [1.29, 1.82) is 5.26 Å². The van der Waals surface area contributed by atoms with Gasteiger partial charge in [-0.15, -0.1) is 0 Å². The summed E-state index contributed by atoms with van der Waals surface area (Å²) in [6.07, 6.45) is 2.86. The van der Waals surface area contributed by atoms with Crippen molar-refractivity contribution in [3.05, 3.63) is 29.3 Å². The van der Waals surface area contributed by atoms with Crippen LogP contribution in [-0.4, -0.2) is 6.61 Å². The summed E-state index contributed by atoms with van der Waals surface area (Å²) in [5.41, 5.74) is 2.72. The van der Waals surface area contributed by atoms with Crippen molar-refractivity contribution in [2.75, 3.05) is 6.61 Å². The standard InChI is InChI=1S/C17H23NO/c1-13-5-6-15(14(11-13)16(2,3)4)19-12-17(7-8-17)9-10-18/h5-6,11H,7-9,12H2,1-4H3. The third-order valence-electron chi connectivity index (χ3n) is 3.89. The van der Waals surface area contributed by atoms with Crippen molar-refractivity contribution in [2.24, 2.45) is 5.41 Å². The van der Waals surface area contributed by atoms with Gasteiger partial charge in [-0.2, -0.15) is 5.26 Å². The molecule has 0 N–H and O–H groups in total. The largest absolute Gasteiger partial charge is 0.493 e. The maximum atomic E-state index is 8.85. The molecule has 0 unspecified atom stereocenters. The highest BCUT2D eigenvalue weighted by molar-refractivity contribution is 5.41. The predicted molar refractivity (Wildman–Crippen MR) is 77.3 cm³/mol. The molecule has 1 aromatic carbocycles. The monoisotopic (exact) mass is 257 g/mol. The Bertz CT molecular complexity index is 501. The van der Waals surface area contributed by atoms with Crippen LogP contribution in [0.3, 0.4) is 0 Å². The molecule has 19 heavy (non-hydrogen) atoms. The summed E-state index contributed by atoms with van der Waals surface area (Å²) in [4.78, 5) is 0. The van der Waals surface area contributed by atoms with E-state index in [9.17, 15) is 0 Å². The number of nitrogens with zero attached hydrogens (tertiary/aromatic N) is 1. The minimum Gasteiger partial charge on any atom is -0.493 e. The van der Waals surface area contributed by atoms with Gasteiger partial charge in [-0.05, 0) is 36.8 Å². The van der Waals surface area contributed by atoms with Crippen LogP contribution in [0.5, 0.6) is 5.75 Å². The van der Waals surface area contributed by atoms with Gasteiger partial charge in [0.1, 0.15) is 5.75 Å². The van der Waals surface area contributed by atoms with Gasteiger partial charge in [0.05, 0.1) is 12.7 Å². The van der Waals surface area contributed by atoms with Crippen molar-refractivity contribution in [2.45, 2.75) is 52.4 Å². The Balaban J connectivity index is 2.15. The van der Waals surface area contributed by atoms with Crippen LogP contribution in [0, 0.1) is 23.7 Å². The molecular formula is C17H23NO. The Kier molecular flexibility index (Phi) is 3.58. The summed E-state index contributed by atoms with van der Waals surface area (Å²) in [6, 6.07) is 8.65. The highest BCUT2D eigenvalue weighted by atomic mass is 16.5. The number of nitriles is 1. The quantitative estimate of drug-likeness (QED) is 0.802. The van der Waals surface area contributed by atoms with Gasteiger partial charge in [0.25, 0.3) is 0 Å². The van der Waals surface area contributed by atoms with E-state index in [-0.39, 0.29) is 10.8 Å². The predicted octanol–water partition coefficient (Wildman–Crippen LogP) is 4.37. The average Bonchev–Trinajstić information content (AvgIpc) is 3.07. The zero-order valence-corrected chi connectivity index (χ0v) is 12.4. The van der Waals surface area contributed by atoms with Gasteiger partial charge in [0.2, 0.25) is 0 Å². The molecule has 1 aromatic rings. The molecule has 1 aliphatic carbocycles. The van der Waals surface area contributed by atoms with E-state index in [4.69, 9.17) is 10.00 Å². The van der Waals surface area contributed by atoms with Gasteiger partial charge >= 0.3 is 0 Å². The summed E-state index contributed by atoms with van der Waals surface area (Å²) in [7, 11) is 0. The molecule has 1 aliphatic rings. The van der Waals surface area contributed by atoms with E-state index in [1.807, 2.05) is 0 Å². The van der Waals surface area contributed by atoms with Crippen LogP contribution in [0.4, 0.5) is 0 Å². The molecule has 2 heteroatoms. The van der Waals surface area contributed by atoms with E-state index >= 15 is 0 Å². The Morgan fingerprint density at radius 2 is 2.00 bits per heavy atom. The molecule has 0 saturated heterocycles. The molecule has 2 rings (SSSR count). The smallest absolute Gasteiger partial charge is 0.123 e. The van der Waals surface area contributed by atoms with Gasteiger partial charge in [0.15, 0.2) is 0 Å². The minimum atomic E-state index is 0.0767. The summed E-state index contributed by atoms with van der Waals surface area (Å²) in [5.74, 6) is 0.974. The minimum absolute atomic E-state index is 0.0767. The lowest BCUT2D eigenvalue weighted by Gasteiger charge is -2.24. The average molecular weight is 257 g/mol. The maximum Gasteiger partial charge on any atom is 0.123 e. The Morgan fingerprint density at radius 3 is 2.53 bits per heavy atom. The SMILES string of the molecule is Cc1ccc(OCC2(CC#N)CC2)c(C(C)(C)C)c1. The number of rotatable bonds is 4. The molecule has 102 valence electrons. The van der Waals surface area contributed by atoms with E-state index in [0.717, 1.165) is 18.6 Å². The van der Waals surface area contributed by atoms with Crippen LogP contribution in [-0.2, 0) is 5.41 Å². The van der Waals surface area contributed by atoms with Crippen molar-refractivity contribution in [1.82, 2.24) is 0 Å². The van der Waals surface area contributed by atoms with E-state index < -0.39 is 0 Å². The number of hydrogen-bond donors (Lipinski definition) is 0. The number of aryl methyl sites for hydroxylation is 1. The lowest BCUT2D eigenvalue weighted by atomic mass is 9.85. The second-order valence-electron chi connectivity index (χ2n) is 6.87. The summed E-state index contributed by atoms with van der Waals surface area (Å²) in [5, 5.41) is 8.85. The van der Waals surface area contributed by atoms with E-state index in [0.29, 0.717) is 13.0 Å². The third-order valence-corrected chi connectivity index (χ3v) is 3.89. The Morgan fingerprint density at radius 1 is 1.32 bits per heavy atom. The van der Waals surface area contributed by atoms with Crippen LogP contribution in [0.25, 0.3) is 0 Å². The molecule has 1 saturated carbocycles. The van der Waals surface area contributed by atoms with Gasteiger partial charge in [-0.1, -0.05) is 38.5 Å². The van der Waals surface area contributed by atoms with Crippen molar-refractivity contribution < 1.29 is 4.74 Å². The first-order valence-corrected chi connectivity index (χ1v) is 6.97. The summed E-state index contributed by atoms with van der Waals surface area (Å²) in [6.45, 7) is 9.40. The lowest BCUT2D eigenvalue weighted by molar-refractivity contribution is 0.232. The fourth-order valence-electron chi connectivity index (χ4n) is 2.30. The van der Waals surface area contributed by atoms with Crippen molar-refractivity contribution in [3.8, 4) is 11.8 Å². The molecule has 0 radical (unpaired) electrons. The molecule has 1 fully saturated rings. The molecule has 0 atom stereocenters. The Hall–Kier alpha value is -1.49. The van der Waals surface area contributed by atoms with Crippen LogP contribution in [0.15, 0.2) is 18.2 Å². The number of hydrogen-bond acceptors (Lipinski definition) is 2. The molecular weight excluding hydrogens is 234 g/mol. The summed E-state index contributed by atoms with van der Waals surface area (Å²) < 4.78 is 6.05. The first-order valence-electron chi connectivity index (χ1n) is 6.97. The molecule has 0 amide bonds. The van der Waals surface area contributed by atoms with Gasteiger partial charge < -0.3 is 4.74 Å². The first-order chi connectivity index (χ1) is 8.86. The topological polar surface area (TPSA) is 33.0 Å². The summed E-state index contributed by atoms with van der Waals surface area (Å²) >= 11 is 0. The zero-order valence-electron chi connectivity index (χ0n) is 12.4. The van der Waals surface area contributed by atoms with Gasteiger partial charge in [-0.3, -0.25) is 0 Å². The fourth-order valence-corrected chi connectivity index (χ4v) is 2.30. The zero-order chi connectivity index (χ0) is 14.1. The normalized spacial score (nSPS) is 16.8. The Labute approximate surface area is 116 Å². The third kappa shape index (κ3) is 3.29. The van der Waals surface area contributed by atoms with Crippen LogP contribution in [0.2, 0.25) is 0 Å². The second kappa shape index (κ2) is 4.89. The molecule has 0 aromatic heterocycles. The van der Waals surface area contributed by atoms with Crippen molar-refractivity contribution >= 4 is 0 Å². The number of benzene rings is 1. The second-order valence-corrected chi connectivity index (χ2v) is 6.87. The van der Waals surface area contributed by atoms with Crippen LogP contribution >= 0.6 is 0 Å². The highest BCUT2D eigenvalue weighted by Crippen LogP contribution is 2.49. The van der Waals surface area contributed by atoms with E-state index in [1.165, 1.54) is 11.1 Å². The fraction of sp³-hybridized carbons (Fsp3) is 0.588. The number of ether oxygens (including phenoxy) is 1. The molecule has 0 bridgehead atoms.